The Morgan fingerprint density at radius 3 is 2.16 bits per heavy atom. The highest BCUT2D eigenvalue weighted by molar-refractivity contribution is 5.85. The van der Waals surface area contributed by atoms with Crippen LogP contribution in [0, 0.1) is 28.6 Å². The molecule has 4 saturated carbocycles. The lowest BCUT2D eigenvalue weighted by Gasteiger charge is -2.65. The van der Waals surface area contributed by atoms with Gasteiger partial charge in [0, 0.05) is 43.8 Å². The summed E-state index contributed by atoms with van der Waals surface area (Å²) < 4.78 is 46.6. The monoisotopic (exact) mass is 888 g/mol. The molecule has 23 unspecified atom stereocenters. The standard InChI is InChI=1S/C42H64O20/c1-18-36(62-38-35(52)33(50)31(48)26(61-38)16-57-37-34(51)32(49)30(47)25(14-43)60-37)24(55-3)11-28(58-18)59-20-4-8-40(17-44)21-5-7-39(2)29(19-10-27(46)56-15-19)23(45)13-42(39,54)22(21)6-9-41(40,53)12-20/h10,17-18,20-26,28-38,43,45,47-54H,4-9,11-16H2,1-3H3. The number of cyclic esters (lactones) is 1. The summed E-state index contributed by atoms with van der Waals surface area (Å²) in [5.74, 6) is -1.66. The van der Waals surface area contributed by atoms with Crippen molar-refractivity contribution in [2.75, 3.05) is 26.9 Å². The molecule has 0 aromatic rings. The molecule has 8 aliphatic rings. The molecular formula is C42H64O20. The number of carbonyl (C=O) groups excluding carboxylic acids is 2. The lowest BCUT2D eigenvalue weighted by Crippen LogP contribution is -2.69. The number of fused-ring (bicyclic) bond motifs is 5. The smallest absolute Gasteiger partial charge is 0.331 e. The summed E-state index contributed by atoms with van der Waals surface area (Å²) in [4.78, 5) is 25.3. The first-order valence-corrected chi connectivity index (χ1v) is 21.9. The van der Waals surface area contributed by atoms with Crippen LogP contribution in [0.25, 0.3) is 0 Å². The average Bonchev–Trinajstić information content (AvgIpc) is 3.75. The number of hydrogen-bond donors (Lipinski definition) is 10. The van der Waals surface area contributed by atoms with Crippen LogP contribution in [0.5, 0.6) is 0 Å². The summed E-state index contributed by atoms with van der Waals surface area (Å²) in [5, 5.41) is 109. The van der Waals surface area contributed by atoms with Gasteiger partial charge in [-0.05, 0) is 62.9 Å². The van der Waals surface area contributed by atoms with Gasteiger partial charge < -0.3 is 93.8 Å². The maximum absolute atomic E-state index is 13.3. The highest BCUT2D eigenvalue weighted by atomic mass is 16.8. The van der Waals surface area contributed by atoms with Crippen LogP contribution in [0.1, 0.15) is 71.6 Å². The normalized spacial score (nSPS) is 54.2. The van der Waals surface area contributed by atoms with Crippen molar-refractivity contribution in [3.05, 3.63) is 11.6 Å². The summed E-state index contributed by atoms with van der Waals surface area (Å²) in [6.45, 7) is 2.51. The second-order valence-electron chi connectivity index (χ2n) is 19.3. The van der Waals surface area contributed by atoms with E-state index in [-0.39, 0.29) is 44.1 Å². The Balaban J connectivity index is 0.892. The van der Waals surface area contributed by atoms with Gasteiger partial charge in [-0.2, -0.15) is 0 Å². The fourth-order valence-electron chi connectivity index (χ4n) is 13.0. The Labute approximate surface area is 358 Å². The molecule has 10 N–H and O–H groups in total. The molecule has 7 fully saturated rings. The Morgan fingerprint density at radius 2 is 1.50 bits per heavy atom. The third-order valence-corrected chi connectivity index (χ3v) is 16.3. The first-order chi connectivity index (χ1) is 29.3. The third kappa shape index (κ3) is 7.51. The zero-order valence-electron chi connectivity index (χ0n) is 35.2. The number of hydrogen-bond acceptors (Lipinski definition) is 20. The van der Waals surface area contributed by atoms with Crippen molar-refractivity contribution in [1.82, 2.24) is 0 Å². The second-order valence-corrected chi connectivity index (χ2v) is 19.3. The molecule has 23 atom stereocenters. The van der Waals surface area contributed by atoms with Crippen molar-refractivity contribution in [3.8, 4) is 0 Å². The van der Waals surface area contributed by atoms with E-state index in [1.54, 1.807) is 6.92 Å². The first-order valence-electron chi connectivity index (χ1n) is 21.9. The van der Waals surface area contributed by atoms with Crippen molar-refractivity contribution in [2.24, 2.45) is 28.6 Å². The van der Waals surface area contributed by atoms with Crippen molar-refractivity contribution in [3.63, 3.8) is 0 Å². The van der Waals surface area contributed by atoms with E-state index < -0.39 is 145 Å². The van der Waals surface area contributed by atoms with Gasteiger partial charge >= 0.3 is 5.97 Å². The van der Waals surface area contributed by atoms with E-state index in [1.165, 1.54) is 13.2 Å². The van der Waals surface area contributed by atoms with Crippen LogP contribution in [0.15, 0.2) is 11.6 Å². The minimum atomic E-state index is -1.76. The Hall–Kier alpha value is -1.80. The summed E-state index contributed by atoms with van der Waals surface area (Å²) in [6, 6.07) is 0. The highest BCUT2D eigenvalue weighted by Crippen LogP contribution is 2.70. The maximum atomic E-state index is 13.3. The van der Waals surface area contributed by atoms with Gasteiger partial charge in [0.05, 0.1) is 54.2 Å². The second kappa shape index (κ2) is 17.4. The maximum Gasteiger partial charge on any atom is 0.331 e. The lowest BCUT2D eigenvalue weighted by atomic mass is 9.41. The minimum absolute atomic E-state index is 0.0744. The van der Waals surface area contributed by atoms with E-state index in [9.17, 15) is 60.7 Å². The van der Waals surface area contributed by atoms with Crippen LogP contribution < -0.4 is 0 Å². The highest BCUT2D eigenvalue weighted by Gasteiger charge is 2.73. The molecule has 3 saturated heterocycles. The number of aliphatic hydroxyl groups is 10. The van der Waals surface area contributed by atoms with Gasteiger partial charge in [-0.25, -0.2) is 4.79 Å². The zero-order valence-corrected chi connectivity index (χ0v) is 35.2. The number of methoxy groups -OCH3 is 1. The molecule has 0 aromatic heterocycles. The summed E-state index contributed by atoms with van der Waals surface area (Å²) in [6.07, 6.45) is -15.4. The van der Waals surface area contributed by atoms with E-state index in [0.29, 0.717) is 37.7 Å². The van der Waals surface area contributed by atoms with Gasteiger partial charge in [0.15, 0.2) is 18.9 Å². The van der Waals surface area contributed by atoms with Crippen LogP contribution >= 0.6 is 0 Å². The van der Waals surface area contributed by atoms with Crippen molar-refractivity contribution >= 4 is 12.3 Å². The van der Waals surface area contributed by atoms with Crippen LogP contribution in [-0.4, -0.2) is 200 Å². The van der Waals surface area contributed by atoms with E-state index in [1.807, 2.05) is 6.92 Å². The Morgan fingerprint density at radius 1 is 0.823 bits per heavy atom. The number of rotatable bonds is 11. The number of carbonyl (C=O) groups is 2. The van der Waals surface area contributed by atoms with Crippen molar-refractivity contribution < 1.29 is 98.5 Å². The molecule has 0 spiro atoms. The SMILES string of the molecule is COC1CC(OC2CCC3(C=O)C4CCC5(C)C(C6=CC(=O)OC6)C(O)CC5(O)C4CCC3(O)C2)OC(C)C1OC1OC(COC2OC(CO)C(O)C(O)C2O)C(O)C(O)C1O. The predicted molar refractivity (Wildman–Crippen MR) is 205 cm³/mol. The molecule has 4 aliphatic heterocycles. The van der Waals surface area contributed by atoms with E-state index in [2.05, 4.69) is 0 Å². The fourth-order valence-corrected chi connectivity index (χ4v) is 13.0. The van der Waals surface area contributed by atoms with Gasteiger partial charge in [-0.3, -0.25) is 0 Å². The molecule has 352 valence electrons. The third-order valence-electron chi connectivity index (χ3n) is 16.3. The van der Waals surface area contributed by atoms with Crippen LogP contribution in [0.4, 0.5) is 0 Å². The van der Waals surface area contributed by atoms with Gasteiger partial charge in [0.2, 0.25) is 0 Å². The quantitative estimate of drug-likeness (QED) is 0.0564. The number of ether oxygens (including phenoxy) is 8. The predicted octanol–water partition coefficient (Wildman–Crippen LogP) is -2.95. The van der Waals surface area contributed by atoms with Crippen LogP contribution in [-0.2, 0) is 47.5 Å². The molecular weight excluding hydrogens is 824 g/mol. The Bertz CT molecular complexity index is 1670. The molecule has 4 heterocycles. The van der Waals surface area contributed by atoms with Crippen molar-refractivity contribution in [2.45, 2.75) is 181 Å². The van der Waals surface area contributed by atoms with E-state index in [4.69, 9.17) is 37.9 Å². The molecule has 4 aliphatic carbocycles. The fraction of sp³-hybridized carbons (Fsp3) is 0.905. The molecule has 8 rings (SSSR count). The van der Waals surface area contributed by atoms with Gasteiger partial charge in [0.25, 0.3) is 0 Å². The topological polar surface area (TPSA) is 310 Å². The summed E-state index contributed by atoms with van der Waals surface area (Å²) >= 11 is 0. The first kappa shape index (κ1) is 46.7. The lowest BCUT2D eigenvalue weighted by molar-refractivity contribution is -0.355. The molecule has 20 heteroatoms. The van der Waals surface area contributed by atoms with E-state index >= 15 is 0 Å². The van der Waals surface area contributed by atoms with Gasteiger partial charge in [-0.1, -0.05) is 6.92 Å². The molecule has 0 aromatic carbocycles. The minimum Gasteiger partial charge on any atom is -0.458 e. The molecule has 0 radical (unpaired) electrons. The largest absolute Gasteiger partial charge is 0.458 e. The van der Waals surface area contributed by atoms with Crippen molar-refractivity contribution in [1.29, 1.82) is 0 Å². The number of esters is 1. The number of aliphatic hydroxyl groups excluding tert-OH is 8. The Kier molecular flexibility index (Phi) is 13.1. The summed E-state index contributed by atoms with van der Waals surface area (Å²) in [7, 11) is 1.46. The zero-order chi connectivity index (χ0) is 44.7. The van der Waals surface area contributed by atoms with E-state index in [0.717, 1.165) is 6.29 Å². The van der Waals surface area contributed by atoms with Gasteiger partial charge in [-0.15, -0.1) is 0 Å². The van der Waals surface area contributed by atoms with Gasteiger partial charge in [0.1, 0.15) is 67.8 Å². The molecule has 0 bridgehead atoms. The average molecular weight is 889 g/mol. The molecule has 20 nitrogen and oxygen atoms in total. The molecule has 0 amide bonds. The molecule has 62 heavy (non-hydrogen) atoms. The number of aldehydes is 1. The van der Waals surface area contributed by atoms with Crippen LogP contribution in [0.2, 0.25) is 0 Å². The summed E-state index contributed by atoms with van der Waals surface area (Å²) in [5.41, 5.74) is -4.03. The van der Waals surface area contributed by atoms with Crippen LogP contribution in [0.3, 0.4) is 0 Å².